The van der Waals surface area contributed by atoms with E-state index in [1.807, 2.05) is 60.8 Å². The minimum Gasteiger partial charge on any atom is -0.466 e. The molecule has 1 aliphatic heterocycles. The van der Waals surface area contributed by atoms with Crippen LogP contribution in [0.25, 0.3) is 23.0 Å². The van der Waals surface area contributed by atoms with Gasteiger partial charge in [-0.3, -0.25) is 9.36 Å². The molecule has 1 atom stereocenters. The number of fused-ring (bicyclic) bond motifs is 1. The van der Waals surface area contributed by atoms with Gasteiger partial charge in [-0.05, 0) is 66.4 Å². The number of benzene rings is 3. The maximum absolute atomic E-state index is 14.1. The van der Waals surface area contributed by atoms with Crippen molar-refractivity contribution in [2.45, 2.75) is 32.7 Å². The number of hydrogen-bond donors (Lipinski definition) is 0. The number of methoxy groups -OCH3 is 1. The van der Waals surface area contributed by atoms with E-state index >= 15 is 0 Å². The van der Waals surface area contributed by atoms with Crippen molar-refractivity contribution in [1.29, 1.82) is 0 Å². The zero-order chi connectivity index (χ0) is 30.2. The quantitative estimate of drug-likeness (QED) is 0.243. The molecule has 9 heteroatoms. The average Bonchev–Trinajstić information content (AvgIpc) is 3.57. The van der Waals surface area contributed by atoms with Gasteiger partial charge in [0.2, 0.25) is 0 Å². The highest BCUT2D eigenvalue weighted by molar-refractivity contribution is 7.07. The van der Waals surface area contributed by atoms with Gasteiger partial charge in [-0.2, -0.15) is 5.10 Å². The van der Waals surface area contributed by atoms with Gasteiger partial charge in [-0.25, -0.2) is 18.9 Å². The number of halogens is 1. The number of thiazole rings is 1. The molecule has 3 aromatic carbocycles. The Morgan fingerprint density at radius 3 is 2.37 bits per heavy atom. The summed E-state index contributed by atoms with van der Waals surface area (Å²) < 4.78 is 22.6. The molecule has 7 nitrogen and oxygen atoms in total. The number of hydrogen-bond acceptors (Lipinski definition) is 6. The molecule has 6 rings (SSSR count). The first kappa shape index (κ1) is 28.2. The smallest absolute Gasteiger partial charge is 0.338 e. The standard InChI is InChI=1S/C34H29FN4O3S/c1-20(2)22-10-12-24(13-11-22)31-29(33(41)42-4)21(3)36-34-39(31)32(40)28(43-34)18-25-19-38(27-8-6-5-7-9-27)37-30(25)23-14-16-26(35)17-15-23/h5-20,31H,1-4H3. The van der Waals surface area contributed by atoms with E-state index < -0.39 is 12.0 Å². The second kappa shape index (κ2) is 11.4. The van der Waals surface area contributed by atoms with Gasteiger partial charge in [-0.15, -0.1) is 0 Å². The maximum Gasteiger partial charge on any atom is 0.338 e. The van der Waals surface area contributed by atoms with Gasteiger partial charge >= 0.3 is 5.97 Å². The normalized spacial score (nSPS) is 15.0. The van der Waals surface area contributed by atoms with Crippen molar-refractivity contribution in [2.24, 2.45) is 4.99 Å². The third kappa shape index (κ3) is 5.28. The molecule has 0 fully saturated rings. The van der Waals surface area contributed by atoms with Crippen molar-refractivity contribution >= 4 is 23.4 Å². The Bertz CT molecular complexity index is 2040. The maximum atomic E-state index is 14.1. The first-order valence-electron chi connectivity index (χ1n) is 13.9. The van der Waals surface area contributed by atoms with Crippen molar-refractivity contribution in [2.75, 3.05) is 7.11 Å². The number of para-hydroxylation sites is 1. The van der Waals surface area contributed by atoms with Crippen molar-refractivity contribution in [3.63, 3.8) is 0 Å². The fourth-order valence-corrected chi connectivity index (χ4v) is 6.29. The minimum absolute atomic E-state index is 0.284. The molecule has 0 spiro atoms. The summed E-state index contributed by atoms with van der Waals surface area (Å²) in [6.45, 7) is 5.99. The van der Waals surface area contributed by atoms with Gasteiger partial charge in [0.25, 0.3) is 5.56 Å². The van der Waals surface area contributed by atoms with E-state index in [-0.39, 0.29) is 11.4 Å². The summed E-state index contributed by atoms with van der Waals surface area (Å²) in [5.74, 6) is -0.545. The number of ether oxygens (including phenoxy) is 1. The van der Waals surface area contributed by atoms with E-state index in [1.165, 1.54) is 30.6 Å². The van der Waals surface area contributed by atoms with Crippen molar-refractivity contribution in [1.82, 2.24) is 14.3 Å². The first-order chi connectivity index (χ1) is 20.7. The van der Waals surface area contributed by atoms with Gasteiger partial charge in [0, 0.05) is 17.3 Å². The zero-order valence-corrected chi connectivity index (χ0v) is 24.9. The molecule has 3 heterocycles. The summed E-state index contributed by atoms with van der Waals surface area (Å²) in [6.07, 6.45) is 3.63. The van der Waals surface area contributed by atoms with Gasteiger partial charge < -0.3 is 4.74 Å². The number of carbonyl (C=O) groups is 1. The Kier molecular flexibility index (Phi) is 7.50. The Morgan fingerprint density at radius 2 is 1.72 bits per heavy atom. The molecular formula is C34H29FN4O3S. The lowest BCUT2D eigenvalue weighted by Gasteiger charge is -2.24. The van der Waals surface area contributed by atoms with Crippen molar-refractivity contribution in [3.8, 4) is 16.9 Å². The van der Waals surface area contributed by atoms with Crippen LogP contribution in [-0.2, 0) is 9.53 Å². The Morgan fingerprint density at radius 1 is 1.02 bits per heavy atom. The molecule has 0 N–H and O–H groups in total. The van der Waals surface area contributed by atoms with E-state index in [0.29, 0.717) is 43.3 Å². The lowest BCUT2D eigenvalue weighted by molar-refractivity contribution is -0.136. The molecule has 5 aromatic rings. The molecule has 2 aromatic heterocycles. The molecule has 0 aliphatic carbocycles. The second-order valence-electron chi connectivity index (χ2n) is 10.6. The van der Waals surface area contributed by atoms with E-state index in [2.05, 4.69) is 18.8 Å². The fraction of sp³-hybridized carbons (Fsp3) is 0.176. The zero-order valence-electron chi connectivity index (χ0n) is 24.1. The van der Waals surface area contributed by atoms with Crippen molar-refractivity contribution < 1.29 is 13.9 Å². The molecular weight excluding hydrogens is 563 g/mol. The summed E-state index contributed by atoms with van der Waals surface area (Å²) in [4.78, 5) is 32.3. The summed E-state index contributed by atoms with van der Waals surface area (Å²) in [6, 6.07) is 23.0. The predicted molar refractivity (Wildman–Crippen MR) is 165 cm³/mol. The van der Waals surface area contributed by atoms with Crippen LogP contribution in [0.5, 0.6) is 0 Å². The second-order valence-corrected chi connectivity index (χ2v) is 11.6. The molecule has 0 bridgehead atoms. The van der Waals surface area contributed by atoms with Crippen LogP contribution in [0.15, 0.2) is 106 Å². The largest absolute Gasteiger partial charge is 0.466 e. The highest BCUT2D eigenvalue weighted by Crippen LogP contribution is 2.31. The van der Waals surface area contributed by atoms with Crippen molar-refractivity contribution in [3.05, 3.63) is 139 Å². The SMILES string of the molecule is COC(=O)C1=C(C)N=c2sc(=Cc3cn(-c4ccccc4)nc3-c3ccc(F)cc3)c(=O)n2C1c1ccc(C(C)C)cc1. The fourth-order valence-electron chi connectivity index (χ4n) is 5.25. The molecule has 1 aliphatic rings. The van der Waals surface area contributed by atoms with Crippen LogP contribution >= 0.6 is 11.3 Å². The van der Waals surface area contributed by atoms with Crippen LogP contribution in [0.4, 0.5) is 4.39 Å². The highest BCUT2D eigenvalue weighted by Gasteiger charge is 2.33. The molecule has 0 saturated carbocycles. The summed E-state index contributed by atoms with van der Waals surface area (Å²) in [7, 11) is 1.33. The van der Waals surface area contributed by atoms with Crippen LogP contribution in [-0.4, -0.2) is 27.4 Å². The van der Waals surface area contributed by atoms with Crippen LogP contribution in [0.2, 0.25) is 0 Å². The summed E-state index contributed by atoms with van der Waals surface area (Å²) in [5.41, 5.74) is 5.31. The van der Waals surface area contributed by atoms with Crippen LogP contribution in [0.3, 0.4) is 0 Å². The van der Waals surface area contributed by atoms with Gasteiger partial charge in [0.15, 0.2) is 4.80 Å². The molecule has 0 amide bonds. The number of aromatic nitrogens is 3. The van der Waals surface area contributed by atoms with Gasteiger partial charge in [0.1, 0.15) is 11.5 Å². The van der Waals surface area contributed by atoms with E-state index in [9.17, 15) is 14.0 Å². The number of rotatable bonds is 6. The third-order valence-corrected chi connectivity index (χ3v) is 8.50. The summed E-state index contributed by atoms with van der Waals surface area (Å²) in [5, 5.41) is 4.80. The number of allylic oxidation sites excluding steroid dienone is 1. The van der Waals surface area contributed by atoms with Crippen LogP contribution in [0, 0.1) is 5.82 Å². The van der Waals surface area contributed by atoms with Crippen LogP contribution in [0.1, 0.15) is 49.4 Å². The highest BCUT2D eigenvalue weighted by atomic mass is 32.1. The molecule has 43 heavy (non-hydrogen) atoms. The summed E-state index contributed by atoms with van der Waals surface area (Å²) >= 11 is 1.24. The van der Waals surface area contributed by atoms with E-state index in [4.69, 9.17) is 9.84 Å². The lowest BCUT2D eigenvalue weighted by Crippen LogP contribution is -2.39. The average molecular weight is 593 g/mol. The first-order valence-corrected chi connectivity index (χ1v) is 14.7. The predicted octanol–water partition coefficient (Wildman–Crippen LogP) is 5.52. The lowest BCUT2D eigenvalue weighted by atomic mass is 9.93. The number of esters is 1. The van der Waals surface area contributed by atoms with Gasteiger partial charge in [-0.1, -0.05) is 67.6 Å². The van der Waals surface area contributed by atoms with E-state index in [1.54, 1.807) is 34.4 Å². The molecule has 1 unspecified atom stereocenters. The van der Waals surface area contributed by atoms with Gasteiger partial charge in [0.05, 0.1) is 34.6 Å². The Balaban J connectivity index is 1.55. The topological polar surface area (TPSA) is 78.5 Å². The van der Waals surface area contributed by atoms with E-state index in [0.717, 1.165) is 16.8 Å². The minimum atomic E-state index is -0.698. The molecule has 216 valence electrons. The number of carbonyl (C=O) groups excluding carboxylic acids is 1. The Hall–Kier alpha value is -4.89. The molecule has 0 radical (unpaired) electrons. The molecule has 0 saturated heterocycles. The third-order valence-electron chi connectivity index (χ3n) is 7.51. The van der Waals surface area contributed by atoms with Crippen LogP contribution < -0.4 is 14.9 Å². The number of nitrogens with zero attached hydrogens (tertiary/aromatic N) is 4. The monoisotopic (exact) mass is 592 g/mol. The Labute approximate surface area is 251 Å².